The van der Waals surface area contributed by atoms with Crippen LogP contribution in [0.2, 0.25) is 5.02 Å². The normalized spacial score (nSPS) is 13.6. The van der Waals surface area contributed by atoms with Gasteiger partial charge in [-0.05, 0) is 24.6 Å². The van der Waals surface area contributed by atoms with Crippen LogP contribution in [0.25, 0.3) is 0 Å². The Bertz CT molecular complexity index is 586. The lowest BCUT2D eigenvalue weighted by Gasteiger charge is -2.24. The van der Waals surface area contributed by atoms with Crippen molar-refractivity contribution in [2.45, 2.75) is 32.0 Å². The summed E-state index contributed by atoms with van der Waals surface area (Å²) in [5, 5.41) is 7.58. The summed E-state index contributed by atoms with van der Waals surface area (Å²) in [5.74, 6) is -0.0565. The number of halogens is 1. The van der Waals surface area contributed by atoms with Gasteiger partial charge in [0.05, 0.1) is 12.6 Å². The minimum Gasteiger partial charge on any atom is -0.375 e. The minimum atomic E-state index is -0.229. The Hall–Kier alpha value is -1.92. The van der Waals surface area contributed by atoms with Crippen LogP contribution in [-0.4, -0.2) is 33.8 Å². The van der Waals surface area contributed by atoms with Gasteiger partial charge in [-0.15, -0.1) is 0 Å². The maximum absolute atomic E-state index is 12.0. The third kappa shape index (κ3) is 4.54. The molecule has 0 unspecified atom stereocenters. The second kappa shape index (κ2) is 7.91. The molecule has 1 N–H and O–H groups in total. The maximum atomic E-state index is 12.0. The van der Waals surface area contributed by atoms with Gasteiger partial charge in [0, 0.05) is 18.6 Å². The molecule has 0 aliphatic rings. The lowest BCUT2D eigenvalue weighted by molar-refractivity contribution is -0.123. The maximum Gasteiger partial charge on any atom is 0.222 e. The topological polar surface area (TPSA) is 69.0 Å². The fraction of sp³-hybridized carbons (Fsp3) is 0.400. The average molecular weight is 323 g/mol. The van der Waals surface area contributed by atoms with E-state index >= 15 is 0 Å². The number of rotatable bonds is 7. The number of ether oxygens (including phenoxy) is 1. The molecule has 0 aliphatic carbocycles. The third-order valence-electron chi connectivity index (χ3n) is 3.33. The molecule has 118 valence electrons. The van der Waals surface area contributed by atoms with Crippen LogP contribution < -0.4 is 5.32 Å². The molecule has 1 heterocycles. The number of hydrogen-bond donors (Lipinski definition) is 1. The van der Waals surface area contributed by atoms with E-state index in [1.165, 1.54) is 6.33 Å². The van der Waals surface area contributed by atoms with Gasteiger partial charge in [-0.25, -0.2) is 4.98 Å². The Morgan fingerprint density at radius 1 is 1.41 bits per heavy atom. The molecule has 22 heavy (non-hydrogen) atoms. The van der Waals surface area contributed by atoms with Crippen molar-refractivity contribution in [1.82, 2.24) is 20.1 Å². The standard InChI is InChI=1S/C15H19ClN4O2/c1-11(15(22-2)12-3-5-13(16)6-4-12)19-14(21)7-8-20-10-17-9-18-20/h3-6,9-11,15H,7-8H2,1-2H3,(H,19,21)/t11-,15+/m0/s1. The van der Waals surface area contributed by atoms with Crippen LogP contribution in [0, 0.1) is 0 Å². The zero-order valence-electron chi connectivity index (χ0n) is 12.6. The summed E-state index contributed by atoms with van der Waals surface area (Å²) in [6, 6.07) is 7.25. The molecule has 1 amide bonds. The zero-order chi connectivity index (χ0) is 15.9. The molecule has 6 nitrogen and oxygen atoms in total. The number of amides is 1. The Kier molecular flexibility index (Phi) is 5.91. The summed E-state index contributed by atoms with van der Waals surface area (Å²) < 4.78 is 7.13. The van der Waals surface area contributed by atoms with Gasteiger partial charge >= 0.3 is 0 Å². The van der Waals surface area contributed by atoms with E-state index in [0.717, 1.165) is 5.56 Å². The number of methoxy groups -OCH3 is 1. The zero-order valence-corrected chi connectivity index (χ0v) is 13.3. The third-order valence-corrected chi connectivity index (χ3v) is 3.58. The molecule has 0 aliphatic heterocycles. The first-order valence-electron chi connectivity index (χ1n) is 7.00. The van der Waals surface area contributed by atoms with Crippen LogP contribution in [0.5, 0.6) is 0 Å². The largest absolute Gasteiger partial charge is 0.375 e. The van der Waals surface area contributed by atoms with E-state index in [1.54, 1.807) is 18.1 Å². The summed E-state index contributed by atoms with van der Waals surface area (Å²) >= 11 is 5.89. The predicted octanol–water partition coefficient (Wildman–Crippen LogP) is 2.21. The van der Waals surface area contributed by atoms with Crippen LogP contribution in [0.15, 0.2) is 36.9 Å². The molecule has 0 saturated heterocycles. The van der Waals surface area contributed by atoms with Crippen molar-refractivity contribution in [3.8, 4) is 0 Å². The average Bonchev–Trinajstić information content (AvgIpc) is 3.01. The summed E-state index contributed by atoms with van der Waals surface area (Å²) in [5.41, 5.74) is 0.968. The van der Waals surface area contributed by atoms with Gasteiger partial charge in [0.15, 0.2) is 0 Å². The Balaban J connectivity index is 1.89. The van der Waals surface area contributed by atoms with Gasteiger partial charge in [0.25, 0.3) is 0 Å². The number of nitrogens with one attached hydrogen (secondary N) is 1. The quantitative estimate of drug-likeness (QED) is 0.848. The minimum absolute atomic E-state index is 0.0565. The molecule has 0 fully saturated rings. The molecule has 0 saturated carbocycles. The van der Waals surface area contributed by atoms with Crippen molar-refractivity contribution in [1.29, 1.82) is 0 Å². The van der Waals surface area contributed by atoms with Crippen molar-refractivity contribution in [3.63, 3.8) is 0 Å². The molecule has 2 atom stereocenters. The SMILES string of the molecule is CO[C@@H](c1ccc(Cl)cc1)[C@H](C)NC(=O)CCn1cncn1. The molecule has 0 radical (unpaired) electrons. The summed E-state index contributed by atoms with van der Waals surface area (Å²) in [4.78, 5) is 15.8. The van der Waals surface area contributed by atoms with Crippen molar-refractivity contribution < 1.29 is 9.53 Å². The first-order chi connectivity index (χ1) is 10.6. The lowest BCUT2D eigenvalue weighted by atomic mass is 10.0. The molecule has 7 heteroatoms. The van der Waals surface area contributed by atoms with Crippen LogP contribution in [-0.2, 0) is 16.1 Å². The highest BCUT2D eigenvalue weighted by molar-refractivity contribution is 6.30. The molecule has 0 spiro atoms. The molecular formula is C15H19ClN4O2. The number of benzene rings is 1. The van der Waals surface area contributed by atoms with E-state index < -0.39 is 0 Å². The van der Waals surface area contributed by atoms with Gasteiger partial charge in [-0.3, -0.25) is 9.48 Å². The van der Waals surface area contributed by atoms with Crippen molar-refractivity contribution >= 4 is 17.5 Å². The van der Waals surface area contributed by atoms with Gasteiger partial charge in [-0.2, -0.15) is 5.10 Å². The highest BCUT2D eigenvalue weighted by Gasteiger charge is 2.20. The summed E-state index contributed by atoms with van der Waals surface area (Å²) in [6.07, 6.45) is 3.14. The smallest absolute Gasteiger partial charge is 0.222 e. The highest BCUT2D eigenvalue weighted by atomic mass is 35.5. The van der Waals surface area contributed by atoms with Crippen molar-refractivity contribution in [2.24, 2.45) is 0 Å². The van der Waals surface area contributed by atoms with E-state index in [1.807, 2.05) is 31.2 Å². The number of aryl methyl sites for hydroxylation is 1. The fourth-order valence-corrected chi connectivity index (χ4v) is 2.37. The molecule has 1 aromatic heterocycles. The summed E-state index contributed by atoms with van der Waals surface area (Å²) in [7, 11) is 1.62. The van der Waals surface area contributed by atoms with E-state index in [9.17, 15) is 4.79 Å². The second-order valence-corrected chi connectivity index (χ2v) is 5.41. The number of aromatic nitrogens is 3. The number of carbonyl (C=O) groups is 1. The van der Waals surface area contributed by atoms with Crippen molar-refractivity contribution in [2.75, 3.05) is 7.11 Å². The van der Waals surface area contributed by atoms with Crippen LogP contribution in [0.4, 0.5) is 0 Å². The first-order valence-corrected chi connectivity index (χ1v) is 7.38. The van der Waals surface area contributed by atoms with Gasteiger partial charge < -0.3 is 10.1 Å². The van der Waals surface area contributed by atoms with E-state index in [0.29, 0.717) is 18.0 Å². The Morgan fingerprint density at radius 2 is 2.14 bits per heavy atom. The van der Waals surface area contributed by atoms with E-state index in [2.05, 4.69) is 15.4 Å². The fourth-order valence-electron chi connectivity index (χ4n) is 2.25. The monoisotopic (exact) mass is 322 g/mol. The predicted molar refractivity (Wildman–Crippen MR) is 83.4 cm³/mol. The van der Waals surface area contributed by atoms with Crippen LogP contribution in [0.3, 0.4) is 0 Å². The number of hydrogen-bond acceptors (Lipinski definition) is 4. The molecule has 1 aromatic carbocycles. The molecule has 2 rings (SSSR count). The van der Waals surface area contributed by atoms with Crippen LogP contribution >= 0.6 is 11.6 Å². The summed E-state index contributed by atoms with van der Waals surface area (Å²) in [6.45, 7) is 2.41. The molecule has 2 aromatic rings. The van der Waals surface area contributed by atoms with Crippen LogP contribution in [0.1, 0.15) is 25.0 Å². The number of nitrogens with zero attached hydrogens (tertiary/aromatic N) is 3. The Morgan fingerprint density at radius 3 is 2.73 bits per heavy atom. The van der Waals surface area contributed by atoms with E-state index in [-0.39, 0.29) is 18.1 Å². The first kappa shape index (κ1) is 16.5. The molecular weight excluding hydrogens is 304 g/mol. The Labute approximate surface area is 134 Å². The van der Waals surface area contributed by atoms with E-state index in [4.69, 9.17) is 16.3 Å². The molecule has 0 bridgehead atoms. The van der Waals surface area contributed by atoms with Crippen molar-refractivity contribution in [3.05, 3.63) is 47.5 Å². The van der Waals surface area contributed by atoms with Gasteiger partial charge in [0.2, 0.25) is 5.91 Å². The number of carbonyl (C=O) groups excluding carboxylic acids is 1. The van der Waals surface area contributed by atoms with Gasteiger partial charge in [0.1, 0.15) is 18.8 Å². The van der Waals surface area contributed by atoms with Gasteiger partial charge in [-0.1, -0.05) is 23.7 Å². The second-order valence-electron chi connectivity index (χ2n) is 4.97. The lowest BCUT2D eigenvalue weighted by Crippen LogP contribution is -2.38. The highest BCUT2D eigenvalue weighted by Crippen LogP contribution is 2.22.